The number of aryl methyl sites for hydroxylation is 1. The van der Waals surface area contributed by atoms with E-state index in [1.165, 1.54) is 12.4 Å². The van der Waals surface area contributed by atoms with Gasteiger partial charge < -0.3 is 20.5 Å². The van der Waals surface area contributed by atoms with E-state index in [-0.39, 0.29) is 23.8 Å². The van der Waals surface area contributed by atoms with Gasteiger partial charge in [-0.3, -0.25) is 9.59 Å². The smallest absolute Gasteiger partial charge is 0.253 e. The molecule has 8 heteroatoms. The molecule has 2 fully saturated rings. The summed E-state index contributed by atoms with van der Waals surface area (Å²) >= 11 is 0. The Morgan fingerprint density at radius 3 is 2.59 bits per heavy atom. The van der Waals surface area contributed by atoms with Gasteiger partial charge in [0.1, 0.15) is 17.8 Å². The number of fused-ring (bicyclic) bond motifs is 1. The van der Waals surface area contributed by atoms with Crippen LogP contribution in [-0.4, -0.2) is 50.4 Å². The molecule has 2 aromatic heterocycles. The largest absolute Gasteiger partial charge is 0.383 e. The Kier molecular flexibility index (Phi) is 4.92. The summed E-state index contributed by atoms with van der Waals surface area (Å²) in [5, 5.41) is 3.78. The van der Waals surface area contributed by atoms with Gasteiger partial charge in [-0.1, -0.05) is 18.7 Å². The number of nitrogen functional groups attached to an aromatic ring is 1. The number of amides is 2. The zero-order chi connectivity index (χ0) is 22.4. The molecule has 0 radical (unpaired) electrons. The quantitative estimate of drug-likeness (QED) is 0.605. The monoisotopic (exact) mass is 430 g/mol. The van der Waals surface area contributed by atoms with Gasteiger partial charge in [0.25, 0.3) is 5.91 Å². The van der Waals surface area contributed by atoms with Crippen LogP contribution in [0.1, 0.15) is 41.2 Å². The summed E-state index contributed by atoms with van der Waals surface area (Å²) in [6, 6.07) is 7.72. The van der Waals surface area contributed by atoms with Crippen LogP contribution >= 0.6 is 0 Å². The molecular weight excluding hydrogens is 404 g/mol. The van der Waals surface area contributed by atoms with Crippen molar-refractivity contribution in [2.24, 2.45) is 7.05 Å². The first kappa shape index (κ1) is 20.2. The molecule has 2 atom stereocenters. The van der Waals surface area contributed by atoms with Crippen molar-refractivity contribution in [1.29, 1.82) is 0 Å². The Morgan fingerprint density at radius 2 is 1.91 bits per heavy atom. The Bertz CT molecular complexity index is 1220. The van der Waals surface area contributed by atoms with Crippen molar-refractivity contribution in [3.05, 3.63) is 54.5 Å². The highest BCUT2D eigenvalue weighted by molar-refractivity contribution is 6.03. The van der Waals surface area contributed by atoms with Gasteiger partial charge in [0.05, 0.1) is 5.39 Å². The number of anilines is 1. The molecule has 0 spiro atoms. The summed E-state index contributed by atoms with van der Waals surface area (Å²) in [6.45, 7) is 5.18. The fourth-order valence-corrected chi connectivity index (χ4v) is 4.80. The zero-order valence-corrected chi connectivity index (χ0v) is 18.0. The number of nitrogens with zero attached hydrogens (tertiary/aromatic N) is 4. The molecule has 3 N–H and O–H groups in total. The standard InChI is InChI=1S/C24H26N6O2/c1-3-18(31)28-17-12-16(17)21-19(20-22(25)26-13-27-23(20)29(21)2)14-6-8-15(9-7-14)24(32)30-10-4-5-11-30/h3,6-9,13,16-17H,1,4-5,10-12H2,2H3,(H,28,31)(H2,25,26,27)/t16-,17+/m0/s1. The van der Waals surface area contributed by atoms with Gasteiger partial charge >= 0.3 is 0 Å². The van der Waals surface area contributed by atoms with Crippen LogP contribution in [0.2, 0.25) is 0 Å². The van der Waals surface area contributed by atoms with Crippen molar-refractivity contribution < 1.29 is 9.59 Å². The van der Waals surface area contributed by atoms with Crippen LogP contribution in [0.5, 0.6) is 0 Å². The number of rotatable bonds is 5. The summed E-state index contributed by atoms with van der Waals surface area (Å²) in [5.74, 6) is 0.445. The third-order valence-corrected chi connectivity index (χ3v) is 6.51. The van der Waals surface area contributed by atoms with Crippen LogP contribution in [0.15, 0.2) is 43.2 Å². The third-order valence-electron chi connectivity index (χ3n) is 6.51. The molecule has 8 nitrogen and oxygen atoms in total. The number of carbonyl (C=O) groups is 2. The Hall–Kier alpha value is -3.68. The predicted molar refractivity (Wildman–Crippen MR) is 123 cm³/mol. The Morgan fingerprint density at radius 1 is 1.19 bits per heavy atom. The average molecular weight is 431 g/mol. The molecule has 1 aliphatic heterocycles. The van der Waals surface area contributed by atoms with Crippen molar-refractivity contribution >= 4 is 28.7 Å². The minimum atomic E-state index is -0.179. The highest BCUT2D eigenvalue weighted by Gasteiger charge is 2.43. The minimum Gasteiger partial charge on any atom is -0.383 e. The highest BCUT2D eigenvalue weighted by atomic mass is 16.2. The van der Waals surface area contributed by atoms with Crippen molar-refractivity contribution in [1.82, 2.24) is 24.8 Å². The summed E-state index contributed by atoms with van der Waals surface area (Å²) in [5.41, 5.74) is 10.7. The molecule has 1 saturated carbocycles. The molecule has 0 bridgehead atoms. The first-order valence-corrected chi connectivity index (χ1v) is 10.9. The number of carbonyl (C=O) groups excluding carboxylic acids is 2. The maximum absolute atomic E-state index is 12.8. The SMILES string of the molecule is C=CC(=O)N[C@@H]1C[C@@H]1c1c(-c2ccc(C(=O)N3CCCC3)cc2)c2c(N)ncnc2n1C. The highest BCUT2D eigenvalue weighted by Crippen LogP contribution is 2.48. The van der Waals surface area contributed by atoms with Gasteiger partial charge in [-0.15, -0.1) is 0 Å². The summed E-state index contributed by atoms with van der Waals surface area (Å²) in [7, 11) is 1.96. The van der Waals surface area contributed by atoms with E-state index >= 15 is 0 Å². The third kappa shape index (κ3) is 3.32. The zero-order valence-electron chi connectivity index (χ0n) is 18.0. The number of hydrogen-bond acceptors (Lipinski definition) is 5. The van der Waals surface area contributed by atoms with E-state index in [0.29, 0.717) is 11.4 Å². The van der Waals surface area contributed by atoms with Crippen molar-refractivity contribution in [3.63, 3.8) is 0 Å². The number of benzene rings is 1. The van der Waals surface area contributed by atoms with Crippen LogP contribution in [0.25, 0.3) is 22.2 Å². The van der Waals surface area contributed by atoms with Crippen LogP contribution in [0.4, 0.5) is 5.82 Å². The van der Waals surface area contributed by atoms with Crippen molar-refractivity contribution in [3.8, 4) is 11.1 Å². The first-order valence-electron chi connectivity index (χ1n) is 10.9. The normalized spacial score (nSPS) is 19.8. The van der Waals surface area contributed by atoms with Gasteiger partial charge in [-0.05, 0) is 43.0 Å². The van der Waals surface area contributed by atoms with Crippen LogP contribution in [0, 0.1) is 0 Å². The number of hydrogen-bond donors (Lipinski definition) is 2. The number of nitrogens with one attached hydrogen (secondary N) is 1. The predicted octanol–water partition coefficient (Wildman–Crippen LogP) is 2.61. The number of likely N-dealkylation sites (tertiary alicyclic amines) is 1. The lowest BCUT2D eigenvalue weighted by molar-refractivity contribution is -0.116. The van der Waals surface area contributed by atoms with Crippen LogP contribution in [0.3, 0.4) is 0 Å². The fraction of sp³-hybridized carbons (Fsp3) is 0.333. The fourth-order valence-electron chi connectivity index (χ4n) is 4.80. The number of nitrogens with two attached hydrogens (primary N) is 1. The van der Waals surface area contributed by atoms with Crippen molar-refractivity contribution in [2.75, 3.05) is 18.8 Å². The molecular formula is C24H26N6O2. The van der Waals surface area contributed by atoms with E-state index in [1.807, 2.05) is 40.8 Å². The van der Waals surface area contributed by atoms with E-state index in [2.05, 4.69) is 21.9 Å². The van der Waals surface area contributed by atoms with E-state index in [1.54, 1.807) is 0 Å². The first-order chi connectivity index (χ1) is 15.5. The lowest BCUT2D eigenvalue weighted by Gasteiger charge is -2.15. The molecule has 164 valence electrons. The summed E-state index contributed by atoms with van der Waals surface area (Å²) in [6.07, 6.45) is 5.71. The van der Waals surface area contributed by atoms with Crippen molar-refractivity contribution in [2.45, 2.75) is 31.2 Å². The Labute approximate surface area is 186 Å². The second-order valence-corrected chi connectivity index (χ2v) is 8.51. The van der Waals surface area contributed by atoms with E-state index < -0.39 is 0 Å². The van der Waals surface area contributed by atoms with Crippen LogP contribution in [-0.2, 0) is 11.8 Å². The average Bonchev–Trinajstić information content (AvgIpc) is 3.21. The van der Waals surface area contributed by atoms with E-state index in [0.717, 1.165) is 60.2 Å². The minimum absolute atomic E-state index is 0.0347. The van der Waals surface area contributed by atoms with E-state index in [4.69, 9.17) is 5.73 Å². The van der Waals surface area contributed by atoms with Gasteiger partial charge in [-0.25, -0.2) is 9.97 Å². The molecule has 3 heterocycles. The molecule has 1 aromatic carbocycles. The number of aromatic nitrogens is 3. The molecule has 32 heavy (non-hydrogen) atoms. The lowest BCUT2D eigenvalue weighted by atomic mass is 9.99. The van der Waals surface area contributed by atoms with E-state index in [9.17, 15) is 9.59 Å². The Balaban J connectivity index is 1.56. The molecule has 3 aromatic rings. The topological polar surface area (TPSA) is 106 Å². The van der Waals surface area contributed by atoms with Gasteiger partial charge in [0.2, 0.25) is 5.91 Å². The summed E-state index contributed by atoms with van der Waals surface area (Å²) in [4.78, 5) is 35.1. The van der Waals surface area contributed by atoms with Gasteiger partial charge in [-0.2, -0.15) is 0 Å². The second-order valence-electron chi connectivity index (χ2n) is 8.51. The summed E-state index contributed by atoms with van der Waals surface area (Å²) < 4.78 is 2.04. The molecule has 2 aliphatic rings. The van der Waals surface area contributed by atoms with Gasteiger partial charge in [0, 0.05) is 48.9 Å². The molecule has 0 unspecified atom stereocenters. The lowest BCUT2D eigenvalue weighted by Crippen LogP contribution is -2.27. The van der Waals surface area contributed by atoms with Crippen LogP contribution < -0.4 is 11.1 Å². The molecule has 5 rings (SSSR count). The molecule has 1 aliphatic carbocycles. The second kappa shape index (κ2) is 7.78. The maximum Gasteiger partial charge on any atom is 0.253 e. The molecule has 1 saturated heterocycles. The maximum atomic E-state index is 12.8. The molecule has 2 amide bonds. The van der Waals surface area contributed by atoms with Gasteiger partial charge in [0.15, 0.2) is 0 Å².